The molecule has 0 saturated carbocycles. The van der Waals surface area contributed by atoms with Gasteiger partial charge in [-0.15, -0.1) is 0 Å². The second-order valence-electron chi connectivity index (χ2n) is 7.98. The van der Waals surface area contributed by atoms with Crippen molar-refractivity contribution in [3.8, 4) is 0 Å². The third kappa shape index (κ3) is 46.9. The summed E-state index contributed by atoms with van der Waals surface area (Å²) in [5.74, 6) is -1.98. The van der Waals surface area contributed by atoms with Crippen LogP contribution >= 0.6 is 0 Å². The molecule has 0 saturated heterocycles. The van der Waals surface area contributed by atoms with Gasteiger partial charge in [-0.05, 0) is 19.8 Å². The van der Waals surface area contributed by atoms with Gasteiger partial charge in [0.05, 0.1) is 0 Å². The monoisotopic (exact) mass is 444 g/mol. The van der Waals surface area contributed by atoms with Crippen LogP contribution in [0.15, 0.2) is 0 Å². The molecule has 0 rings (SSSR count). The third-order valence-corrected chi connectivity index (χ3v) is 4.98. The van der Waals surface area contributed by atoms with Crippen LogP contribution in [0, 0.1) is 0 Å². The van der Waals surface area contributed by atoms with Gasteiger partial charge in [0.15, 0.2) is 0 Å². The smallest absolute Gasteiger partial charge is 0.550 e. The van der Waals surface area contributed by atoms with E-state index in [-0.39, 0.29) is 65.5 Å². The van der Waals surface area contributed by atoms with Gasteiger partial charge in [-0.2, -0.15) is 0 Å². The second-order valence-corrected chi connectivity index (χ2v) is 7.98. The fraction of sp³-hybridized carbons (Fsp3) is 0.917. The standard InChI is InChI=1S/C22H44O2.C2H4O2.2Na/c1-2-3-4-5-6-7-8-9-10-11-12-13-14-15-16-17-18-19-20-21-22(23)24;1-2(3)4;;/h2-21H2,1H3,(H,23,24);1H3,(H,3,4);;/q;;2*+1/p-2. The van der Waals surface area contributed by atoms with E-state index in [2.05, 4.69) is 6.92 Å². The van der Waals surface area contributed by atoms with E-state index in [1.165, 1.54) is 109 Å². The Morgan fingerprint density at radius 3 is 0.900 bits per heavy atom. The summed E-state index contributed by atoms with van der Waals surface area (Å²) < 4.78 is 0. The average Bonchev–Trinajstić information content (AvgIpc) is 2.63. The Morgan fingerprint density at radius 2 is 0.700 bits per heavy atom. The molecular weight excluding hydrogens is 398 g/mol. The number of carbonyl (C=O) groups is 2. The number of carboxylic acids is 2. The van der Waals surface area contributed by atoms with Crippen LogP contribution in [0.2, 0.25) is 0 Å². The van der Waals surface area contributed by atoms with Crippen molar-refractivity contribution in [2.75, 3.05) is 0 Å². The van der Waals surface area contributed by atoms with Crippen molar-refractivity contribution in [2.45, 2.75) is 142 Å². The molecule has 0 unspecified atom stereocenters. The van der Waals surface area contributed by atoms with Gasteiger partial charge in [0.2, 0.25) is 0 Å². The molecule has 0 spiro atoms. The van der Waals surface area contributed by atoms with Gasteiger partial charge in [0, 0.05) is 11.9 Å². The molecule has 0 amide bonds. The molecule has 0 atom stereocenters. The topological polar surface area (TPSA) is 80.3 Å². The number of unbranched alkanes of at least 4 members (excludes halogenated alkanes) is 18. The van der Waals surface area contributed by atoms with Gasteiger partial charge >= 0.3 is 59.1 Å². The van der Waals surface area contributed by atoms with Gasteiger partial charge in [0.1, 0.15) is 0 Å². The van der Waals surface area contributed by atoms with Crippen molar-refractivity contribution < 1.29 is 78.9 Å². The maximum absolute atomic E-state index is 10.3. The van der Waals surface area contributed by atoms with E-state index in [0.717, 1.165) is 19.8 Å². The van der Waals surface area contributed by atoms with Crippen LogP contribution in [-0.2, 0) is 9.59 Å². The predicted molar refractivity (Wildman–Crippen MR) is 114 cm³/mol. The van der Waals surface area contributed by atoms with Crippen LogP contribution in [-0.4, -0.2) is 11.9 Å². The Morgan fingerprint density at radius 1 is 0.500 bits per heavy atom. The summed E-state index contributed by atoms with van der Waals surface area (Å²) >= 11 is 0. The number of carboxylic acid groups (broad SMARTS) is 2. The molecule has 30 heavy (non-hydrogen) atoms. The number of carbonyl (C=O) groups excluding carboxylic acids is 2. The second kappa shape index (κ2) is 34.6. The predicted octanol–water partition coefficient (Wildman–Crippen LogP) is -0.678. The summed E-state index contributed by atoms with van der Waals surface area (Å²) in [7, 11) is 0. The van der Waals surface area contributed by atoms with Gasteiger partial charge in [0.25, 0.3) is 0 Å². The zero-order valence-corrected chi connectivity index (χ0v) is 24.8. The van der Waals surface area contributed by atoms with Crippen molar-refractivity contribution in [2.24, 2.45) is 0 Å². The Balaban J connectivity index is -0.000000513. The molecule has 168 valence electrons. The molecule has 6 heteroatoms. The zero-order valence-electron chi connectivity index (χ0n) is 20.8. The molecule has 0 N–H and O–H groups in total. The van der Waals surface area contributed by atoms with Crippen LogP contribution in [0.1, 0.15) is 142 Å². The minimum Gasteiger partial charge on any atom is -0.550 e. The Labute approximate surface area is 231 Å². The molecule has 0 aromatic carbocycles. The van der Waals surface area contributed by atoms with E-state index in [9.17, 15) is 9.90 Å². The summed E-state index contributed by atoms with van der Waals surface area (Å²) in [5, 5.41) is 19.2. The van der Waals surface area contributed by atoms with E-state index >= 15 is 0 Å². The van der Waals surface area contributed by atoms with Crippen molar-refractivity contribution in [3.63, 3.8) is 0 Å². The summed E-state index contributed by atoms with van der Waals surface area (Å²) in [6, 6.07) is 0. The fourth-order valence-electron chi connectivity index (χ4n) is 3.35. The molecule has 0 fully saturated rings. The Kier molecular flexibility index (Phi) is 44.0. The Bertz CT molecular complexity index is 335. The molecule has 0 aliphatic carbocycles. The number of aliphatic carboxylic acids is 2. The van der Waals surface area contributed by atoms with Gasteiger partial charge in [-0.3, -0.25) is 0 Å². The zero-order chi connectivity index (χ0) is 21.3. The van der Waals surface area contributed by atoms with E-state index in [1.807, 2.05) is 0 Å². The molecule has 0 bridgehead atoms. The summed E-state index contributed by atoms with van der Waals surface area (Å²) in [5.41, 5.74) is 0. The largest absolute Gasteiger partial charge is 1.00 e. The van der Waals surface area contributed by atoms with Crippen molar-refractivity contribution in [3.05, 3.63) is 0 Å². The molecule has 0 heterocycles. The quantitative estimate of drug-likeness (QED) is 0.184. The molecule has 0 aliphatic heterocycles. The molecule has 0 aliphatic rings. The van der Waals surface area contributed by atoms with Crippen LogP contribution in [0.4, 0.5) is 0 Å². The number of hydrogen-bond acceptors (Lipinski definition) is 4. The first-order chi connectivity index (χ1) is 13.5. The SMILES string of the molecule is CC(=O)[O-].CCCCCCCCCCCCCCCCCCCCCC(=O)[O-].[Na+].[Na+]. The molecule has 0 aromatic heterocycles. The first kappa shape index (κ1) is 38.2. The van der Waals surface area contributed by atoms with Crippen LogP contribution in [0.25, 0.3) is 0 Å². The summed E-state index contributed by atoms with van der Waals surface area (Å²) in [6.07, 6.45) is 25.7. The molecular formula is C24H46Na2O4. The normalized spacial score (nSPS) is 9.67. The van der Waals surface area contributed by atoms with Gasteiger partial charge in [-0.25, -0.2) is 0 Å². The summed E-state index contributed by atoms with van der Waals surface area (Å²) in [4.78, 5) is 19.2. The number of hydrogen-bond donors (Lipinski definition) is 0. The van der Waals surface area contributed by atoms with Gasteiger partial charge in [-0.1, -0.05) is 122 Å². The maximum atomic E-state index is 10.3. The van der Waals surface area contributed by atoms with E-state index in [0.29, 0.717) is 0 Å². The van der Waals surface area contributed by atoms with Crippen molar-refractivity contribution >= 4 is 11.9 Å². The van der Waals surface area contributed by atoms with Crippen LogP contribution < -0.4 is 69.3 Å². The first-order valence-electron chi connectivity index (χ1n) is 11.9. The first-order valence-corrected chi connectivity index (χ1v) is 11.9. The van der Waals surface area contributed by atoms with E-state index in [4.69, 9.17) is 9.90 Å². The molecule has 0 aromatic rings. The Hall–Kier alpha value is 0.940. The van der Waals surface area contributed by atoms with Gasteiger partial charge < -0.3 is 19.8 Å². The minimum absolute atomic E-state index is 0. The third-order valence-electron chi connectivity index (χ3n) is 4.98. The number of rotatable bonds is 20. The minimum atomic E-state index is -1.08. The van der Waals surface area contributed by atoms with Crippen molar-refractivity contribution in [1.29, 1.82) is 0 Å². The van der Waals surface area contributed by atoms with E-state index in [1.54, 1.807) is 0 Å². The fourth-order valence-corrected chi connectivity index (χ4v) is 3.35. The van der Waals surface area contributed by atoms with E-state index < -0.39 is 11.9 Å². The average molecular weight is 445 g/mol. The van der Waals surface area contributed by atoms with Crippen LogP contribution in [0.3, 0.4) is 0 Å². The maximum Gasteiger partial charge on any atom is 1.00 e. The molecule has 4 nitrogen and oxygen atoms in total. The summed E-state index contributed by atoms with van der Waals surface area (Å²) in [6.45, 7) is 3.25. The van der Waals surface area contributed by atoms with Crippen LogP contribution in [0.5, 0.6) is 0 Å². The molecule has 0 radical (unpaired) electrons. The van der Waals surface area contributed by atoms with Crippen molar-refractivity contribution in [1.82, 2.24) is 0 Å².